The predicted octanol–water partition coefficient (Wildman–Crippen LogP) is 3.44. The summed E-state index contributed by atoms with van der Waals surface area (Å²) in [6, 6.07) is 4.19. The van der Waals surface area contributed by atoms with E-state index >= 15 is 0 Å². The summed E-state index contributed by atoms with van der Waals surface area (Å²) >= 11 is 8.17. The number of halogens is 1. The predicted molar refractivity (Wildman–Crippen MR) is 80.1 cm³/mol. The van der Waals surface area contributed by atoms with Gasteiger partial charge in [0.25, 0.3) is 0 Å². The normalized spacial score (nSPS) is 33.4. The van der Waals surface area contributed by atoms with E-state index in [4.69, 9.17) is 17.3 Å². The molecule has 4 heteroatoms. The van der Waals surface area contributed by atoms with Gasteiger partial charge in [0.1, 0.15) is 0 Å². The van der Waals surface area contributed by atoms with Gasteiger partial charge in [-0.25, -0.2) is 0 Å². The van der Waals surface area contributed by atoms with Crippen LogP contribution in [0.3, 0.4) is 0 Å². The Balaban J connectivity index is 1.97. The average Bonchev–Trinajstić information content (AvgIpc) is 2.93. The first-order valence-corrected chi connectivity index (χ1v) is 8.00. The summed E-state index contributed by atoms with van der Waals surface area (Å²) in [6.45, 7) is 0. The van der Waals surface area contributed by atoms with E-state index in [1.807, 2.05) is 0 Å². The van der Waals surface area contributed by atoms with E-state index in [1.165, 1.54) is 15.8 Å². The summed E-state index contributed by atoms with van der Waals surface area (Å²) in [6.07, 6.45) is 3.20. The van der Waals surface area contributed by atoms with Crippen LogP contribution >= 0.6 is 22.9 Å². The Bertz CT molecular complexity index is 667. The van der Waals surface area contributed by atoms with Gasteiger partial charge in [0.05, 0.1) is 6.10 Å². The van der Waals surface area contributed by atoms with E-state index in [1.54, 1.807) is 11.3 Å². The number of nitrogens with two attached hydrogens (primary N) is 1. The Hall–Kier alpha value is -0.610. The Labute approximate surface area is 121 Å². The molecule has 1 fully saturated rings. The maximum absolute atomic E-state index is 9.98. The molecule has 0 spiro atoms. The Kier molecular flexibility index (Phi) is 2.53. The number of aliphatic hydroxyl groups is 1. The maximum Gasteiger partial charge on any atom is 0.0564 e. The fourth-order valence-corrected chi connectivity index (χ4v) is 5.31. The molecule has 2 aliphatic carbocycles. The summed E-state index contributed by atoms with van der Waals surface area (Å²) in [5, 5.41) is 14.1. The third kappa shape index (κ3) is 1.62. The van der Waals surface area contributed by atoms with Gasteiger partial charge in [-0.05, 0) is 54.3 Å². The standard InChI is InChI=1S/C15H16ClNOS/c16-13-6-11-9(14-10(13)2-4-19-14)1-3-15(17)7-8(18)5-12(11)15/h2,4,6,8,12,18H,1,3,5,7,17H2/t8-,12+,15+/m0/s1. The SMILES string of the molecule is N[C@@]12CCc3c(cc(Cl)c4ccsc34)[C@H]1C[C@H](O)C2. The second kappa shape index (κ2) is 3.95. The van der Waals surface area contributed by atoms with E-state index < -0.39 is 0 Å². The van der Waals surface area contributed by atoms with Crippen molar-refractivity contribution in [3.8, 4) is 0 Å². The van der Waals surface area contributed by atoms with Crippen molar-refractivity contribution >= 4 is 33.0 Å². The van der Waals surface area contributed by atoms with Crippen molar-refractivity contribution in [2.45, 2.75) is 43.2 Å². The van der Waals surface area contributed by atoms with Gasteiger partial charge < -0.3 is 10.8 Å². The lowest BCUT2D eigenvalue weighted by Crippen LogP contribution is -2.45. The summed E-state index contributed by atoms with van der Waals surface area (Å²) in [7, 11) is 0. The lowest BCUT2D eigenvalue weighted by Gasteiger charge is -2.37. The highest BCUT2D eigenvalue weighted by molar-refractivity contribution is 7.17. The Morgan fingerprint density at radius 2 is 2.32 bits per heavy atom. The molecule has 0 radical (unpaired) electrons. The first-order valence-electron chi connectivity index (χ1n) is 6.74. The highest BCUT2D eigenvalue weighted by Gasteiger charge is 2.47. The molecule has 2 aliphatic rings. The zero-order valence-corrected chi connectivity index (χ0v) is 12.1. The van der Waals surface area contributed by atoms with Crippen molar-refractivity contribution in [1.82, 2.24) is 0 Å². The van der Waals surface area contributed by atoms with Crippen LogP contribution in [0, 0.1) is 0 Å². The van der Waals surface area contributed by atoms with Crippen LogP contribution in [0.5, 0.6) is 0 Å². The Morgan fingerprint density at radius 3 is 3.16 bits per heavy atom. The number of hydrogen-bond acceptors (Lipinski definition) is 3. The van der Waals surface area contributed by atoms with Crippen molar-refractivity contribution < 1.29 is 5.11 Å². The van der Waals surface area contributed by atoms with Gasteiger partial charge in [0.2, 0.25) is 0 Å². The number of benzene rings is 1. The molecule has 2 aromatic rings. The van der Waals surface area contributed by atoms with Gasteiger partial charge in [-0.1, -0.05) is 11.6 Å². The lowest BCUT2D eigenvalue weighted by molar-refractivity contribution is 0.173. The number of fused-ring (bicyclic) bond motifs is 5. The van der Waals surface area contributed by atoms with Gasteiger partial charge in [-0.3, -0.25) is 0 Å². The van der Waals surface area contributed by atoms with E-state index in [-0.39, 0.29) is 17.6 Å². The smallest absolute Gasteiger partial charge is 0.0564 e. The molecule has 3 N–H and O–H groups in total. The fraction of sp³-hybridized carbons (Fsp3) is 0.467. The first-order chi connectivity index (χ1) is 9.08. The second-order valence-corrected chi connectivity index (χ2v) is 7.29. The van der Waals surface area contributed by atoms with Crippen molar-refractivity contribution in [1.29, 1.82) is 0 Å². The summed E-state index contributed by atoms with van der Waals surface area (Å²) < 4.78 is 1.31. The molecule has 19 heavy (non-hydrogen) atoms. The van der Waals surface area contributed by atoms with Gasteiger partial charge in [0, 0.05) is 26.6 Å². The van der Waals surface area contributed by atoms with Crippen molar-refractivity contribution in [2.75, 3.05) is 0 Å². The van der Waals surface area contributed by atoms with Crippen LogP contribution in [0.15, 0.2) is 17.5 Å². The molecule has 0 unspecified atom stereocenters. The van der Waals surface area contributed by atoms with Crippen LogP contribution in [-0.4, -0.2) is 16.7 Å². The minimum Gasteiger partial charge on any atom is -0.393 e. The molecular formula is C15H16ClNOS. The van der Waals surface area contributed by atoms with Crippen LogP contribution in [-0.2, 0) is 6.42 Å². The van der Waals surface area contributed by atoms with Gasteiger partial charge in [-0.2, -0.15) is 0 Å². The maximum atomic E-state index is 9.98. The van der Waals surface area contributed by atoms with E-state index in [9.17, 15) is 5.11 Å². The number of aryl methyl sites for hydroxylation is 1. The molecule has 0 amide bonds. The fourth-order valence-electron chi connectivity index (χ4n) is 3.97. The zero-order chi connectivity index (χ0) is 13.2. The monoisotopic (exact) mass is 293 g/mol. The molecule has 0 bridgehead atoms. The van der Waals surface area contributed by atoms with E-state index in [0.29, 0.717) is 0 Å². The largest absolute Gasteiger partial charge is 0.393 e. The molecular weight excluding hydrogens is 278 g/mol. The molecule has 1 saturated carbocycles. The first kappa shape index (κ1) is 12.2. The van der Waals surface area contributed by atoms with Crippen LogP contribution in [0.4, 0.5) is 0 Å². The molecule has 4 rings (SSSR count). The number of aliphatic hydroxyl groups excluding tert-OH is 1. The van der Waals surface area contributed by atoms with Gasteiger partial charge >= 0.3 is 0 Å². The second-order valence-electron chi connectivity index (χ2n) is 5.97. The highest BCUT2D eigenvalue weighted by atomic mass is 35.5. The molecule has 1 aromatic heterocycles. The van der Waals surface area contributed by atoms with Crippen molar-refractivity contribution in [3.63, 3.8) is 0 Å². The molecule has 0 aliphatic heterocycles. The summed E-state index contributed by atoms with van der Waals surface area (Å²) in [4.78, 5) is 0. The third-order valence-electron chi connectivity index (χ3n) is 4.86. The Morgan fingerprint density at radius 1 is 1.47 bits per heavy atom. The molecule has 100 valence electrons. The molecule has 1 aromatic carbocycles. The van der Waals surface area contributed by atoms with Crippen LogP contribution < -0.4 is 5.73 Å². The third-order valence-corrected chi connectivity index (χ3v) is 6.15. The van der Waals surface area contributed by atoms with Gasteiger partial charge in [0.15, 0.2) is 0 Å². The quantitative estimate of drug-likeness (QED) is 0.781. The van der Waals surface area contributed by atoms with Crippen molar-refractivity contribution in [3.05, 3.63) is 33.7 Å². The topological polar surface area (TPSA) is 46.2 Å². The lowest BCUT2D eigenvalue weighted by atomic mass is 9.72. The number of rotatable bonds is 0. The minimum atomic E-state index is -0.265. The average molecular weight is 294 g/mol. The molecule has 2 nitrogen and oxygen atoms in total. The van der Waals surface area contributed by atoms with E-state index in [0.717, 1.165) is 36.1 Å². The van der Waals surface area contributed by atoms with E-state index in [2.05, 4.69) is 17.5 Å². The van der Waals surface area contributed by atoms with Gasteiger partial charge in [-0.15, -0.1) is 11.3 Å². The van der Waals surface area contributed by atoms with Crippen LogP contribution in [0.25, 0.3) is 10.1 Å². The summed E-state index contributed by atoms with van der Waals surface area (Å²) in [5.41, 5.74) is 9.00. The number of thiophene rings is 1. The zero-order valence-electron chi connectivity index (χ0n) is 10.5. The molecule has 0 saturated heterocycles. The molecule has 1 heterocycles. The highest BCUT2D eigenvalue weighted by Crippen LogP contribution is 2.51. The molecule has 3 atom stereocenters. The summed E-state index contributed by atoms with van der Waals surface area (Å²) in [5.74, 6) is 0.259. The number of hydrogen-bond donors (Lipinski definition) is 2. The van der Waals surface area contributed by atoms with Crippen LogP contribution in [0.2, 0.25) is 5.02 Å². The van der Waals surface area contributed by atoms with Crippen molar-refractivity contribution in [2.24, 2.45) is 5.73 Å². The van der Waals surface area contributed by atoms with Crippen LogP contribution in [0.1, 0.15) is 36.3 Å². The minimum absolute atomic E-state index is 0.235.